The van der Waals surface area contributed by atoms with E-state index in [2.05, 4.69) is 0 Å². The number of hydrogen-bond donors (Lipinski definition) is 0. The molecule has 0 radical (unpaired) electrons. The maximum Gasteiger partial charge on any atom is 0.416 e. The molecule has 1 aromatic carbocycles. The predicted molar refractivity (Wildman–Crippen MR) is 65.6 cm³/mol. The molecule has 1 aromatic rings. The van der Waals surface area contributed by atoms with Crippen LogP contribution in [0, 0.1) is 5.92 Å². The lowest BCUT2D eigenvalue weighted by Gasteiger charge is -2.34. The van der Waals surface area contributed by atoms with Gasteiger partial charge in [-0.05, 0) is 37.0 Å². The first-order chi connectivity index (χ1) is 8.47. The highest BCUT2D eigenvalue weighted by Gasteiger charge is 2.32. The highest BCUT2D eigenvalue weighted by atomic mass is 19.4. The first-order valence-corrected chi connectivity index (χ1v) is 6.31. The van der Waals surface area contributed by atoms with Crippen molar-refractivity contribution >= 4 is 0 Å². The van der Waals surface area contributed by atoms with Crippen LogP contribution in [0.2, 0.25) is 0 Å². The molecule has 18 heavy (non-hydrogen) atoms. The molecule has 1 fully saturated rings. The molecular formula is C14H19F3O. The Bertz CT molecular complexity index is 374. The molecule has 0 aromatic heterocycles. The van der Waals surface area contributed by atoms with Crippen LogP contribution in [0.5, 0.6) is 5.75 Å². The van der Waals surface area contributed by atoms with Crippen LogP contribution >= 0.6 is 0 Å². The van der Waals surface area contributed by atoms with Crippen LogP contribution < -0.4 is 4.74 Å². The monoisotopic (exact) mass is 260 g/mol. The van der Waals surface area contributed by atoms with Gasteiger partial charge in [-0.25, -0.2) is 0 Å². The van der Waals surface area contributed by atoms with E-state index < -0.39 is 11.7 Å². The minimum absolute atomic E-state index is 0.0727. The second-order valence-electron chi connectivity index (χ2n) is 4.24. The van der Waals surface area contributed by atoms with Gasteiger partial charge < -0.3 is 4.74 Å². The highest BCUT2D eigenvalue weighted by molar-refractivity contribution is 5.30. The Hall–Kier alpha value is -1.19. The summed E-state index contributed by atoms with van der Waals surface area (Å²) >= 11 is 0. The summed E-state index contributed by atoms with van der Waals surface area (Å²) in [5.41, 5.74) is -0.656. The van der Waals surface area contributed by atoms with E-state index in [4.69, 9.17) is 4.74 Å². The van der Waals surface area contributed by atoms with Crippen LogP contribution in [-0.4, -0.2) is 6.10 Å². The summed E-state index contributed by atoms with van der Waals surface area (Å²) in [4.78, 5) is 0. The van der Waals surface area contributed by atoms with Crippen molar-refractivity contribution in [1.29, 1.82) is 0 Å². The molecular weight excluding hydrogens is 241 g/mol. The van der Waals surface area contributed by atoms with Crippen molar-refractivity contribution in [3.8, 4) is 5.75 Å². The standard InChI is InChI=1S/C12H13F3O.C2H6/c1-8-5-6-11(8)16-10-4-2-3-9(7-10)12(13,14)15;1-2/h2-4,7-8,11H,5-6H2,1H3;1-2H3/t8-,11-;/m1./s1. The van der Waals surface area contributed by atoms with Crippen molar-refractivity contribution in [3.05, 3.63) is 29.8 Å². The Morgan fingerprint density at radius 2 is 1.83 bits per heavy atom. The Kier molecular flexibility index (Phi) is 5.05. The first-order valence-electron chi connectivity index (χ1n) is 6.31. The number of ether oxygens (including phenoxy) is 1. The molecule has 1 saturated carbocycles. The molecule has 1 aliphatic rings. The maximum absolute atomic E-state index is 12.4. The Morgan fingerprint density at radius 3 is 2.28 bits per heavy atom. The van der Waals surface area contributed by atoms with Crippen LogP contribution in [0.25, 0.3) is 0 Å². The van der Waals surface area contributed by atoms with Crippen molar-refractivity contribution in [1.82, 2.24) is 0 Å². The lowest BCUT2D eigenvalue weighted by Crippen LogP contribution is -2.34. The molecule has 0 saturated heterocycles. The van der Waals surface area contributed by atoms with E-state index in [1.807, 2.05) is 20.8 Å². The van der Waals surface area contributed by atoms with Gasteiger partial charge in [0, 0.05) is 0 Å². The van der Waals surface area contributed by atoms with Gasteiger partial charge in [-0.1, -0.05) is 26.8 Å². The third-order valence-corrected chi connectivity index (χ3v) is 2.99. The minimum Gasteiger partial charge on any atom is -0.490 e. The van der Waals surface area contributed by atoms with Gasteiger partial charge >= 0.3 is 6.18 Å². The van der Waals surface area contributed by atoms with Gasteiger partial charge in [0.05, 0.1) is 5.56 Å². The van der Waals surface area contributed by atoms with Crippen molar-refractivity contribution < 1.29 is 17.9 Å². The Labute approximate surface area is 106 Å². The molecule has 0 amide bonds. The van der Waals surface area contributed by atoms with Crippen LogP contribution in [0.3, 0.4) is 0 Å². The SMILES string of the molecule is CC.C[C@@H]1CC[C@H]1Oc1cccc(C(F)(F)F)c1. The molecule has 0 bridgehead atoms. The van der Waals surface area contributed by atoms with Gasteiger partial charge in [0.15, 0.2) is 0 Å². The summed E-state index contributed by atoms with van der Waals surface area (Å²) in [5, 5.41) is 0. The molecule has 4 heteroatoms. The van der Waals surface area contributed by atoms with Crippen molar-refractivity contribution in [3.63, 3.8) is 0 Å². The highest BCUT2D eigenvalue weighted by Crippen LogP contribution is 2.34. The number of rotatable bonds is 2. The average molecular weight is 260 g/mol. The van der Waals surface area contributed by atoms with Gasteiger partial charge in [-0.15, -0.1) is 0 Å². The zero-order chi connectivity index (χ0) is 13.8. The maximum atomic E-state index is 12.4. The third kappa shape index (κ3) is 3.65. The zero-order valence-corrected chi connectivity index (χ0v) is 10.9. The number of halogens is 3. The molecule has 0 unspecified atom stereocenters. The van der Waals surface area contributed by atoms with Crippen LogP contribution in [0.4, 0.5) is 13.2 Å². The minimum atomic E-state index is -4.30. The molecule has 0 spiro atoms. The fourth-order valence-corrected chi connectivity index (χ4v) is 1.73. The largest absolute Gasteiger partial charge is 0.490 e. The average Bonchev–Trinajstić information content (AvgIpc) is 2.36. The van der Waals surface area contributed by atoms with E-state index in [1.54, 1.807) is 6.07 Å². The fourth-order valence-electron chi connectivity index (χ4n) is 1.73. The van der Waals surface area contributed by atoms with Crippen molar-refractivity contribution in [2.45, 2.75) is 45.9 Å². The van der Waals surface area contributed by atoms with Crippen LogP contribution in [-0.2, 0) is 6.18 Å². The second kappa shape index (κ2) is 6.12. The van der Waals surface area contributed by atoms with E-state index in [0.717, 1.165) is 25.0 Å². The summed E-state index contributed by atoms with van der Waals surface area (Å²) in [6.45, 7) is 6.04. The topological polar surface area (TPSA) is 9.23 Å². The molecule has 2 atom stereocenters. The first kappa shape index (κ1) is 14.9. The molecule has 0 N–H and O–H groups in total. The van der Waals surface area contributed by atoms with Crippen molar-refractivity contribution in [2.24, 2.45) is 5.92 Å². The van der Waals surface area contributed by atoms with E-state index in [0.29, 0.717) is 11.7 Å². The lowest BCUT2D eigenvalue weighted by molar-refractivity contribution is -0.137. The van der Waals surface area contributed by atoms with E-state index >= 15 is 0 Å². The summed E-state index contributed by atoms with van der Waals surface area (Å²) < 4.78 is 42.8. The second-order valence-corrected chi connectivity index (χ2v) is 4.24. The molecule has 1 aliphatic carbocycles. The number of benzene rings is 1. The Balaban J connectivity index is 0.000000771. The predicted octanol–water partition coefficient (Wildman–Crippen LogP) is 4.91. The zero-order valence-electron chi connectivity index (χ0n) is 10.9. The summed E-state index contributed by atoms with van der Waals surface area (Å²) in [6, 6.07) is 5.06. The van der Waals surface area contributed by atoms with E-state index in [-0.39, 0.29) is 6.10 Å². The summed E-state index contributed by atoms with van der Waals surface area (Å²) in [6.07, 6.45) is -2.21. The summed E-state index contributed by atoms with van der Waals surface area (Å²) in [5.74, 6) is 0.751. The summed E-state index contributed by atoms with van der Waals surface area (Å²) in [7, 11) is 0. The van der Waals surface area contributed by atoms with Crippen molar-refractivity contribution in [2.75, 3.05) is 0 Å². The normalized spacial score (nSPS) is 22.6. The smallest absolute Gasteiger partial charge is 0.416 e. The van der Waals surface area contributed by atoms with Gasteiger partial charge in [-0.2, -0.15) is 13.2 Å². The van der Waals surface area contributed by atoms with Gasteiger partial charge in [0.1, 0.15) is 11.9 Å². The fraction of sp³-hybridized carbons (Fsp3) is 0.571. The molecule has 0 heterocycles. The Morgan fingerprint density at radius 1 is 1.17 bits per heavy atom. The van der Waals surface area contributed by atoms with E-state index in [9.17, 15) is 13.2 Å². The molecule has 1 nitrogen and oxygen atoms in total. The molecule has 2 rings (SSSR count). The number of alkyl halides is 3. The van der Waals surface area contributed by atoms with Crippen LogP contribution in [0.15, 0.2) is 24.3 Å². The van der Waals surface area contributed by atoms with Gasteiger partial charge in [0.2, 0.25) is 0 Å². The lowest BCUT2D eigenvalue weighted by atomic mass is 9.83. The van der Waals surface area contributed by atoms with E-state index in [1.165, 1.54) is 6.07 Å². The third-order valence-electron chi connectivity index (χ3n) is 2.99. The number of hydrogen-bond acceptors (Lipinski definition) is 1. The molecule has 102 valence electrons. The van der Waals surface area contributed by atoms with Gasteiger partial charge in [-0.3, -0.25) is 0 Å². The van der Waals surface area contributed by atoms with Gasteiger partial charge in [0.25, 0.3) is 0 Å². The molecule has 0 aliphatic heterocycles. The van der Waals surface area contributed by atoms with Crippen LogP contribution in [0.1, 0.15) is 39.2 Å². The quantitative estimate of drug-likeness (QED) is 0.734.